The van der Waals surface area contributed by atoms with E-state index in [9.17, 15) is 14.9 Å². The van der Waals surface area contributed by atoms with Crippen molar-refractivity contribution in [1.82, 2.24) is 10.2 Å². The maximum atomic E-state index is 12.0. The second-order valence-corrected chi connectivity index (χ2v) is 6.54. The molecule has 1 fully saturated rings. The number of benzene rings is 1. The molecule has 24 heavy (non-hydrogen) atoms. The Kier molecular flexibility index (Phi) is 7.18. The van der Waals surface area contributed by atoms with Crippen molar-refractivity contribution in [3.8, 4) is 0 Å². The molecular weight excluding hydrogens is 306 g/mol. The van der Waals surface area contributed by atoms with Crippen LogP contribution in [0.1, 0.15) is 44.1 Å². The summed E-state index contributed by atoms with van der Waals surface area (Å²) in [6, 6.07) is 7.08. The van der Waals surface area contributed by atoms with Crippen molar-refractivity contribution in [2.45, 2.75) is 51.0 Å². The van der Waals surface area contributed by atoms with Gasteiger partial charge in [0, 0.05) is 24.2 Å². The summed E-state index contributed by atoms with van der Waals surface area (Å²) in [5, 5.41) is 13.8. The van der Waals surface area contributed by atoms with Gasteiger partial charge in [-0.15, -0.1) is 0 Å². The predicted molar refractivity (Wildman–Crippen MR) is 93.9 cm³/mol. The maximum Gasteiger partial charge on any atom is 0.273 e. The lowest BCUT2D eigenvalue weighted by molar-refractivity contribution is -0.385. The van der Waals surface area contributed by atoms with Gasteiger partial charge in [0.2, 0.25) is 5.91 Å². The number of para-hydroxylation sites is 1. The fourth-order valence-electron chi connectivity index (χ4n) is 3.33. The van der Waals surface area contributed by atoms with Crippen LogP contribution in [0.5, 0.6) is 0 Å². The molecule has 0 unspecified atom stereocenters. The Balaban J connectivity index is 1.69. The van der Waals surface area contributed by atoms with E-state index >= 15 is 0 Å². The van der Waals surface area contributed by atoms with Gasteiger partial charge >= 0.3 is 0 Å². The Morgan fingerprint density at radius 3 is 2.71 bits per heavy atom. The van der Waals surface area contributed by atoms with Crippen molar-refractivity contribution in [1.29, 1.82) is 0 Å². The SMILES string of the molecule is CN(CCCNC(=O)Cc1ccccc1[N+](=O)[O-])C1CCCCC1. The Morgan fingerprint density at radius 2 is 2.00 bits per heavy atom. The second-order valence-electron chi connectivity index (χ2n) is 6.54. The molecule has 0 bridgehead atoms. The van der Waals surface area contributed by atoms with Gasteiger partial charge < -0.3 is 10.2 Å². The average molecular weight is 333 g/mol. The zero-order valence-electron chi connectivity index (χ0n) is 14.4. The lowest BCUT2D eigenvalue weighted by atomic mass is 9.94. The molecule has 0 aliphatic heterocycles. The van der Waals surface area contributed by atoms with Gasteiger partial charge in [0.15, 0.2) is 0 Å². The van der Waals surface area contributed by atoms with Crippen LogP contribution in [0.25, 0.3) is 0 Å². The second kappa shape index (κ2) is 9.37. The first-order valence-electron chi connectivity index (χ1n) is 8.77. The Bertz CT molecular complexity index is 556. The number of nitrogens with zero attached hydrogens (tertiary/aromatic N) is 2. The molecule has 1 saturated carbocycles. The number of amides is 1. The molecule has 2 rings (SSSR count). The Morgan fingerprint density at radius 1 is 1.29 bits per heavy atom. The van der Waals surface area contributed by atoms with Crippen LogP contribution in [0, 0.1) is 10.1 Å². The minimum absolute atomic E-state index is 0.00434. The topological polar surface area (TPSA) is 75.5 Å². The van der Waals surface area contributed by atoms with Gasteiger partial charge in [0.05, 0.1) is 11.3 Å². The molecule has 1 aliphatic carbocycles. The first-order valence-corrected chi connectivity index (χ1v) is 8.77. The van der Waals surface area contributed by atoms with Gasteiger partial charge in [-0.25, -0.2) is 0 Å². The molecule has 0 saturated heterocycles. The quantitative estimate of drug-likeness (QED) is 0.451. The van der Waals surface area contributed by atoms with Gasteiger partial charge in [-0.1, -0.05) is 37.5 Å². The van der Waals surface area contributed by atoms with Gasteiger partial charge in [0.25, 0.3) is 5.69 Å². The summed E-state index contributed by atoms with van der Waals surface area (Å²) in [4.78, 5) is 24.9. The normalized spacial score (nSPS) is 15.4. The Hall–Kier alpha value is -1.95. The number of nitro groups is 1. The van der Waals surface area contributed by atoms with Crippen LogP contribution in [0.2, 0.25) is 0 Å². The van der Waals surface area contributed by atoms with E-state index in [4.69, 9.17) is 0 Å². The number of carbonyl (C=O) groups is 1. The van der Waals surface area contributed by atoms with Crippen LogP contribution in [0.4, 0.5) is 5.69 Å². The largest absolute Gasteiger partial charge is 0.356 e. The first-order chi connectivity index (χ1) is 11.6. The van der Waals surface area contributed by atoms with E-state index in [0.29, 0.717) is 18.2 Å². The average Bonchev–Trinajstić information content (AvgIpc) is 2.59. The van der Waals surface area contributed by atoms with Crippen molar-refractivity contribution in [2.24, 2.45) is 0 Å². The first kappa shape index (κ1) is 18.4. The molecule has 1 amide bonds. The molecule has 0 aromatic heterocycles. The Labute approximate surface area is 143 Å². The zero-order valence-corrected chi connectivity index (χ0v) is 14.4. The van der Waals surface area contributed by atoms with Gasteiger partial charge in [-0.3, -0.25) is 14.9 Å². The van der Waals surface area contributed by atoms with Crippen LogP contribution in [0.3, 0.4) is 0 Å². The highest BCUT2D eigenvalue weighted by molar-refractivity contribution is 5.79. The molecule has 6 nitrogen and oxygen atoms in total. The van der Waals surface area contributed by atoms with Crippen molar-refractivity contribution >= 4 is 11.6 Å². The fraction of sp³-hybridized carbons (Fsp3) is 0.611. The maximum absolute atomic E-state index is 12.0. The minimum atomic E-state index is -0.443. The summed E-state index contributed by atoms with van der Waals surface area (Å²) in [5.41, 5.74) is 0.462. The number of nitrogens with one attached hydrogen (secondary N) is 1. The summed E-state index contributed by atoms with van der Waals surface area (Å²) in [5.74, 6) is -0.162. The third kappa shape index (κ3) is 5.60. The summed E-state index contributed by atoms with van der Waals surface area (Å²) >= 11 is 0. The van der Waals surface area contributed by atoms with Crippen LogP contribution in [0.15, 0.2) is 24.3 Å². The minimum Gasteiger partial charge on any atom is -0.356 e. The lowest BCUT2D eigenvalue weighted by Gasteiger charge is -2.31. The van der Waals surface area contributed by atoms with Gasteiger partial charge in [-0.2, -0.15) is 0 Å². The third-order valence-corrected chi connectivity index (χ3v) is 4.75. The number of carbonyl (C=O) groups excluding carboxylic acids is 1. The molecule has 6 heteroatoms. The van der Waals surface area contributed by atoms with E-state index in [1.54, 1.807) is 18.2 Å². The standard InChI is InChI=1S/C18H27N3O3/c1-20(16-9-3-2-4-10-16)13-7-12-19-18(22)14-15-8-5-6-11-17(15)21(23)24/h5-6,8,11,16H,2-4,7,9-10,12-14H2,1H3,(H,19,22). The molecule has 0 heterocycles. The zero-order chi connectivity index (χ0) is 17.4. The highest BCUT2D eigenvalue weighted by Crippen LogP contribution is 2.21. The smallest absolute Gasteiger partial charge is 0.273 e. The van der Waals surface area contributed by atoms with Crippen molar-refractivity contribution in [3.63, 3.8) is 0 Å². The van der Waals surface area contributed by atoms with E-state index in [-0.39, 0.29) is 18.0 Å². The van der Waals surface area contributed by atoms with Crippen LogP contribution in [-0.2, 0) is 11.2 Å². The van der Waals surface area contributed by atoms with Crippen molar-refractivity contribution in [3.05, 3.63) is 39.9 Å². The molecule has 0 radical (unpaired) electrons. The predicted octanol–water partition coefficient (Wildman–Crippen LogP) is 2.91. The summed E-state index contributed by atoms with van der Waals surface area (Å²) in [6.07, 6.45) is 7.50. The van der Waals surface area contributed by atoms with Gasteiger partial charge in [0.1, 0.15) is 0 Å². The fourth-order valence-corrected chi connectivity index (χ4v) is 3.33. The number of hydrogen-bond acceptors (Lipinski definition) is 4. The molecule has 1 N–H and O–H groups in total. The molecule has 1 aromatic carbocycles. The van der Waals surface area contributed by atoms with Gasteiger partial charge in [-0.05, 0) is 32.9 Å². The summed E-state index contributed by atoms with van der Waals surface area (Å²) in [6.45, 7) is 1.58. The summed E-state index contributed by atoms with van der Waals surface area (Å²) < 4.78 is 0. The van der Waals surface area contributed by atoms with Crippen LogP contribution < -0.4 is 5.32 Å². The summed E-state index contributed by atoms with van der Waals surface area (Å²) in [7, 11) is 2.16. The van der Waals surface area contributed by atoms with E-state index < -0.39 is 4.92 Å². The third-order valence-electron chi connectivity index (χ3n) is 4.75. The number of rotatable bonds is 8. The molecule has 1 aliphatic rings. The van der Waals surface area contributed by atoms with Crippen LogP contribution >= 0.6 is 0 Å². The van der Waals surface area contributed by atoms with Crippen molar-refractivity contribution < 1.29 is 9.72 Å². The lowest BCUT2D eigenvalue weighted by Crippen LogP contribution is -2.36. The highest BCUT2D eigenvalue weighted by Gasteiger charge is 2.18. The van der Waals surface area contributed by atoms with E-state index in [1.807, 2.05) is 0 Å². The highest BCUT2D eigenvalue weighted by atomic mass is 16.6. The molecule has 132 valence electrons. The molecular formula is C18H27N3O3. The van der Waals surface area contributed by atoms with E-state index in [0.717, 1.165) is 13.0 Å². The molecule has 0 spiro atoms. The van der Waals surface area contributed by atoms with E-state index in [1.165, 1.54) is 38.2 Å². The number of nitro benzene ring substituents is 1. The number of hydrogen-bond donors (Lipinski definition) is 1. The molecule has 0 atom stereocenters. The van der Waals surface area contributed by atoms with E-state index in [2.05, 4.69) is 17.3 Å². The van der Waals surface area contributed by atoms with Crippen molar-refractivity contribution in [2.75, 3.05) is 20.1 Å². The molecule has 1 aromatic rings. The monoisotopic (exact) mass is 333 g/mol. The van der Waals surface area contributed by atoms with Crippen LogP contribution in [-0.4, -0.2) is 41.9 Å².